The number of carbonyl (C=O) groups is 1. The molecule has 0 bridgehead atoms. The molecule has 0 aliphatic rings. The van der Waals surface area contributed by atoms with E-state index in [4.69, 9.17) is 11.6 Å². The first-order valence-corrected chi connectivity index (χ1v) is 3.44. The summed E-state index contributed by atoms with van der Waals surface area (Å²) in [6.07, 6.45) is 3.04. The van der Waals surface area contributed by atoms with Crippen LogP contribution in [0, 0.1) is 0 Å². The van der Waals surface area contributed by atoms with Crippen molar-refractivity contribution in [3.8, 4) is 0 Å². The standard InChI is InChI=1S/C7H7ClN2O/c1-5(11)10-7-2-6(8)3-9-4-7/h2-4H,1H3,(H,10,11). The molecule has 3 nitrogen and oxygen atoms in total. The second-order valence-corrected chi connectivity index (χ2v) is 2.51. The quantitative estimate of drug-likeness (QED) is 0.697. The van der Waals surface area contributed by atoms with Crippen LogP contribution in [-0.2, 0) is 4.79 Å². The third-order valence-electron chi connectivity index (χ3n) is 1.03. The van der Waals surface area contributed by atoms with E-state index in [-0.39, 0.29) is 5.91 Å². The zero-order chi connectivity index (χ0) is 8.27. The van der Waals surface area contributed by atoms with E-state index in [0.717, 1.165) is 0 Å². The normalized spacial score (nSPS) is 9.27. The van der Waals surface area contributed by atoms with Gasteiger partial charge in [-0.3, -0.25) is 9.78 Å². The van der Waals surface area contributed by atoms with Crippen LogP contribution in [0.15, 0.2) is 18.5 Å². The Balaban J connectivity index is 2.79. The Bertz CT molecular complexity index is 275. The Labute approximate surface area is 69.4 Å². The fraction of sp³-hybridized carbons (Fsp3) is 0.143. The van der Waals surface area contributed by atoms with Crippen LogP contribution in [0.5, 0.6) is 0 Å². The van der Waals surface area contributed by atoms with Crippen LogP contribution in [0.2, 0.25) is 5.02 Å². The lowest BCUT2D eigenvalue weighted by molar-refractivity contribution is -0.114. The molecule has 0 radical (unpaired) electrons. The molecule has 58 valence electrons. The Kier molecular flexibility index (Phi) is 2.44. The van der Waals surface area contributed by atoms with Gasteiger partial charge in [0.05, 0.1) is 16.9 Å². The molecule has 0 unspecified atom stereocenters. The van der Waals surface area contributed by atoms with Gasteiger partial charge in [0, 0.05) is 13.1 Å². The largest absolute Gasteiger partial charge is 0.325 e. The van der Waals surface area contributed by atoms with Gasteiger partial charge in [0.25, 0.3) is 0 Å². The van der Waals surface area contributed by atoms with Crippen molar-refractivity contribution in [3.63, 3.8) is 0 Å². The topological polar surface area (TPSA) is 42.0 Å². The molecule has 0 saturated heterocycles. The maximum absolute atomic E-state index is 10.5. The summed E-state index contributed by atoms with van der Waals surface area (Å²) in [6, 6.07) is 1.63. The lowest BCUT2D eigenvalue weighted by atomic mass is 10.4. The SMILES string of the molecule is CC(=O)Nc1cncc(Cl)c1. The van der Waals surface area contributed by atoms with E-state index in [9.17, 15) is 4.79 Å². The van der Waals surface area contributed by atoms with Crippen LogP contribution >= 0.6 is 11.6 Å². The average molecular weight is 171 g/mol. The van der Waals surface area contributed by atoms with Gasteiger partial charge in [-0.2, -0.15) is 0 Å². The summed E-state index contributed by atoms with van der Waals surface area (Å²) in [5.74, 6) is -0.130. The van der Waals surface area contributed by atoms with Crippen LogP contribution in [0.3, 0.4) is 0 Å². The molecule has 1 aromatic heterocycles. The molecule has 1 aromatic rings. The van der Waals surface area contributed by atoms with Gasteiger partial charge >= 0.3 is 0 Å². The van der Waals surface area contributed by atoms with E-state index in [1.54, 1.807) is 6.07 Å². The summed E-state index contributed by atoms with van der Waals surface area (Å²) in [4.78, 5) is 14.3. The number of carbonyl (C=O) groups excluding carboxylic acids is 1. The lowest BCUT2D eigenvalue weighted by Gasteiger charge is -1.99. The Hall–Kier alpha value is -1.09. The van der Waals surface area contributed by atoms with Crippen molar-refractivity contribution in [1.29, 1.82) is 0 Å². The molecule has 1 heterocycles. The third kappa shape index (κ3) is 2.55. The molecule has 1 rings (SSSR count). The molecule has 0 spiro atoms. The van der Waals surface area contributed by atoms with E-state index >= 15 is 0 Å². The molecule has 0 fully saturated rings. The summed E-state index contributed by atoms with van der Waals surface area (Å²) in [5.41, 5.74) is 0.616. The lowest BCUT2D eigenvalue weighted by Crippen LogP contribution is -2.05. The molecular formula is C7H7ClN2O. The van der Waals surface area contributed by atoms with Gasteiger partial charge in [-0.15, -0.1) is 0 Å². The molecule has 0 aromatic carbocycles. The zero-order valence-corrected chi connectivity index (χ0v) is 6.72. The number of halogens is 1. The third-order valence-corrected chi connectivity index (χ3v) is 1.23. The van der Waals surface area contributed by atoms with E-state index in [2.05, 4.69) is 10.3 Å². The highest BCUT2D eigenvalue weighted by molar-refractivity contribution is 6.30. The minimum atomic E-state index is -0.130. The number of nitrogens with zero attached hydrogens (tertiary/aromatic N) is 1. The smallest absolute Gasteiger partial charge is 0.221 e. The highest BCUT2D eigenvalue weighted by atomic mass is 35.5. The van der Waals surface area contributed by atoms with Crippen LogP contribution < -0.4 is 5.32 Å². The van der Waals surface area contributed by atoms with Gasteiger partial charge < -0.3 is 5.32 Å². The second kappa shape index (κ2) is 3.34. The van der Waals surface area contributed by atoms with Crippen LogP contribution in [-0.4, -0.2) is 10.9 Å². The molecule has 11 heavy (non-hydrogen) atoms. The number of hydrogen-bond acceptors (Lipinski definition) is 2. The van der Waals surface area contributed by atoms with Crippen molar-refractivity contribution in [2.45, 2.75) is 6.92 Å². The summed E-state index contributed by atoms with van der Waals surface area (Å²) in [7, 11) is 0. The predicted octanol–water partition coefficient (Wildman–Crippen LogP) is 1.69. The van der Waals surface area contributed by atoms with Gasteiger partial charge in [0.1, 0.15) is 0 Å². The number of nitrogens with one attached hydrogen (secondary N) is 1. The number of amides is 1. The molecule has 1 amide bonds. The Morgan fingerprint density at radius 1 is 1.64 bits per heavy atom. The fourth-order valence-corrected chi connectivity index (χ4v) is 0.857. The van der Waals surface area contributed by atoms with Gasteiger partial charge in [-0.1, -0.05) is 11.6 Å². The minimum absolute atomic E-state index is 0.130. The first kappa shape index (κ1) is 8.01. The molecule has 0 atom stereocenters. The van der Waals surface area contributed by atoms with Crippen LogP contribution in [0.1, 0.15) is 6.92 Å². The Morgan fingerprint density at radius 2 is 2.36 bits per heavy atom. The van der Waals surface area contributed by atoms with Crippen molar-refractivity contribution >= 4 is 23.2 Å². The average Bonchev–Trinajstić information content (AvgIpc) is 1.85. The summed E-state index contributed by atoms with van der Waals surface area (Å²) in [6.45, 7) is 1.43. The minimum Gasteiger partial charge on any atom is -0.325 e. The number of aromatic nitrogens is 1. The monoisotopic (exact) mass is 170 g/mol. The number of hydrogen-bond donors (Lipinski definition) is 1. The van der Waals surface area contributed by atoms with E-state index < -0.39 is 0 Å². The van der Waals surface area contributed by atoms with Gasteiger partial charge in [0.2, 0.25) is 5.91 Å². The van der Waals surface area contributed by atoms with Crippen molar-refractivity contribution in [2.75, 3.05) is 5.32 Å². The predicted molar refractivity (Wildman–Crippen MR) is 43.6 cm³/mol. The summed E-state index contributed by atoms with van der Waals surface area (Å²) >= 11 is 5.61. The van der Waals surface area contributed by atoms with Gasteiger partial charge in [0.15, 0.2) is 0 Å². The van der Waals surface area contributed by atoms with Crippen molar-refractivity contribution in [3.05, 3.63) is 23.5 Å². The fourth-order valence-electron chi connectivity index (χ4n) is 0.683. The first-order valence-electron chi connectivity index (χ1n) is 3.06. The molecular weight excluding hydrogens is 164 g/mol. The second-order valence-electron chi connectivity index (χ2n) is 2.07. The molecule has 0 saturated carbocycles. The highest BCUT2D eigenvalue weighted by Gasteiger charge is 1.95. The number of anilines is 1. The highest BCUT2D eigenvalue weighted by Crippen LogP contribution is 2.12. The molecule has 1 N–H and O–H groups in total. The zero-order valence-electron chi connectivity index (χ0n) is 5.97. The maximum atomic E-state index is 10.5. The Morgan fingerprint density at radius 3 is 2.91 bits per heavy atom. The first-order chi connectivity index (χ1) is 5.18. The van der Waals surface area contributed by atoms with Crippen molar-refractivity contribution in [1.82, 2.24) is 4.98 Å². The van der Waals surface area contributed by atoms with E-state index in [1.807, 2.05) is 0 Å². The molecule has 0 aliphatic heterocycles. The van der Waals surface area contributed by atoms with Gasteiger partial charge in [-0.05, 0) is 6.07 Å². The van der Waals surface area contributed by atoms with Crippen LogP contribution in [0.4, 0.5) is 5.69 Å². The van der Waals surface area contributed by atoms with Crippen molar-refractivity contribution < 1.29 is 4.79 Å². The molecule has 0 aliphatic carbocycles. The van der Waals surface area contributed by atoms with Crippen LogP contribution in [0.25, 0.3) is 0 Å². The molecule has 4 heteroatoms. The summed E-state index contributed by atoms with van der Waals surface area (Å²) in [5, 5.41) is 3.07. The number of rotatable bonds is 1. The van der Waals surface area contributed by atoms with Gasteiger partial charge in [-0.25, -0.2) is 0 Å². The van der Waals surface area contributed by atoms with E-state index in [0.29, 0.717) is 10.7 Å². The summed E-state index contributed by atoms with van der Waals surface area (Å²) < 4.78 is 0. The van der Waals surface area contributed by atoms with E-state index in [1.165, 1.54) is 19.3 Å². The number of pyridine rings is 1. The maximum Gasteiger partial charge on any atom is 0.221 e. The van der Waals surface area contributed by atoms with Crippen molar-refractivity contribution in [2.24, 2.45) is 0 Å².